The van der Waals surface area contributed by atoms with Gasteiger partial charge in [0.15, 0.2) is 0 Å². The third kappa shape index (κ3) is 5.07. The van der Waals surface area contributed by atoms with Gasteiger partial charge in [0.05, 0.1) is 6.54 Å². The van der Waals surface area contributed by atoms with E-state index in [2.05, 4.69) is 5.32 Å². The lowest BCUT2D eigenvalue weighted by Crippen LogP contribution is -2.30. The smallest absolute Gasteiger partial charge is 0.258 e. The molecule has 2 amide bonds. The highest BCUT2D eigenvalue weighted by atomic mass is 16.2. The maximum Gasteiger partial charge on any atom is 0.258 e. The molecule has 0 aliphatic rings. The lowest BCUT2D eigenvalue weighted by Gasteiger charge is -2.23. The molecule has 1 N–H and O–H groups in total. The fourth-order valence-corrected chi connectivity index (χ4v) is 2.92. The van der Waals surface area contributed by atoms with Crippen molar-refractivity contribution in [2.45, 2.75) is 26.9 Å². The molecule has 0 aliphatic carbocycles. The summed E-state index contributed by atoms with van der Waals surface area (Å²) >= 11 is 0. The van der Waals surface area contributed by atoms with E-state index in [1.165, 1.54) is 6.92 Å². The van der Waals surface area contributed by atoms with Crippen molar-refractivity contribution in [2.75, 3.05) is 4.90 Å². The summed E-state index contributed by atoms with van der Waals surface area (Å²) in [5, 5.41) is 2.76. The van der Waals surface area contributed by atoms with Crippen LogP contribution in [0.3, 0.4) is 0 Å². The van der Waals surface area contributed by atoms with Crippen molar-refractivity contribution < 1.29 is 9.59 Å². The molecule has 0 saturated carbocycles. The first-order valence-corrected chi connectivity index (χ1v) is 9.29. The predicted molar refractivity (Wildman–Crippen MR) is 112 cm³/mol. The van der Waals surface area contributed by atoms with Crippen LogP contribution in [-0.2, 0) is 17.9 Å². The highest BCUT2D eigenvalue weighted by Crippen LogP contribution is 2.21. The lowest BCUT2D eigenvalue weighted by molar-refractivity contribution is -0.119. The number of anilines is 1. The minimum atomic E-state index is -0.0754. The molecule has 142 valence electrons. The molecular weight excluding hydrogens is 348 g/mol. The Bertz CT molecular complexity index is 933. The molecule has 4 heteroatoms. The normalized spacial score (nSPS) is 10.4. The van der Waals surface area contributed by atoms with Crippen molar-refractivity contribution in [1.82, 2.24) is 5.32 Å². The molecule has 0 aromatic heterocycles. The van der Waals surface area contributed by atoms with Gasteiger partial charge in [-0.05, 0) is 42.3 Å². The van der Waals surface area contributed by atoms with E-state index in [1.54, 1.807) is 4.90 Å². The summed E-state index contributed by atoms with van der Waals surface area (Å²) in [5.41, 5.74) is 4.65. The Labute approximate surface area is 165 Å². The molecular formula is C24H24N2O2. The van der Waals surface area contributed by atoms with Crippen LogP contribution in [0.15, 0.2) is 78.9 Å². The van der Waals surface area contributed by atoms with Crippen LogP contribution in [-0.4, -0.2) is 11.8 Å². The largest absolute Gasteiger partial charge is 0.352 e. The fraction of sp³-hybridized carbons (Fsp3) is 0.167. The first kappa shape index (κ1) is 19.4. The summed E-state index contributed by atoms with van der Waals surface area (Å²) in [6.45, 7) is 4.47. The second kappa shape index (κ2) is 9.00. The van der Waals surface area contributed by atoms with Crippen LogP contribution in [0.2, 0.25) is 0 Å². The average molecular weight is 372 g/mol. The molecule has 0 bridgehead atoms. The fourth-order valence-electron chi connectivity index (χ4n) is 2.92. The first-order valence-electron chi connectivity index (χ1n) is 9.29. The molecule has 0 heterocycles. The second-order valence-electron chi connectivity index (χ2n) is 6.82. The van der Waals surface area contributed by atoms with Gasteiger partial charge >= 0.3 is 0 Å². The van der Waals surface area contributed by atoms with Gasteiger partial charge in [-0.25, -0.2) is 0 Å². The number of hydrogen-bond donors (Lipinski definition) is 1. The zero-order valence-electron chi connectivity index (χ0n) is 16.2. The highest BCUT2D eigenvalue weighted by Gasteiger charge is 2.18. The summed E-state index contributed by atoms with van der Waals surface area (Å²) in [6, 6.07) is 25.3. The van der Waals surface area contributed by atoms with Gasteiger partial charge in [0.2, 0.25) is 5.91 Å². The van der Waals surface area contributed by atoms with Crippen LogP contribution in [0.1, 0.15) is 34.0 Å². The Morgan fingerprint density at radius 2 is 1.46 bits per heavy atom. The monoisotopic (exact) mass is 372 g/mol. The van der Waals surface area contributed by atoms with Gasteiger partial charge in [0.25, 0.3) is 5.91 Å². The third-order valence-electron chi connectivity index (χ3n) is 4.52. The van der Waals surface area contributed by atoms with Gasteiger partial charge in [0, 0.05) is 24.7 Å². The van der Waals surface area contributed by atoms with E-state index in [9.17, 15) is 9.59 Å². The molecule has 4 nitrogen and oxygen atoms in total. The SMILES string of the molecule is CC(=O)NCc1ccc(C(=O)N(Cc2ccccc2)c2ccc(C)cc2)cc1. The third-order valence-corrected chi connectivity index (χ3v) is 4.52. The molecule has 3 aromatic carbocycles. The zero-order valence-corrected chi connectivity index (χ0v) is 16.2. The maximum atomic E-state index is 13.3. The molecule has 0 fully saturated rings. The van der Waals surface area contributed by atoms with Gasteiger partial charge < -0.3 is 10.2 Å². The van der Waals surface area contributed by atoms with Crippen LogP contribution in [0.25, 0.3) is 0 Å². The number of benzene rings is 3. The van der Waals surface area contributed by atoms with Gasteiger partial charge in [-0.15, -0.1) is 0 Å². The maximum absolute atomic E-state index is 13.3. The zero-order chi connectivity index (χ0) is 19.9. The quantitative estimate of drug-likeness (QED) is 0.694. The minimum Gasteiger partial charge on any atom is -0.352 e. The molecule has 0 spiro atoms. The predicted octanol–water partition coefficient (Wildman–Crippen LogP) is 4.48. The summed E-state index contributed by atoms with van der Waals surface area (Å²) in [4.78, 5) is 26.1. The van der Waals surface area contributed by atoms with Gasteiger partial charge in [-0.3, -0.25) is 9.59 Å². The number of hydrogen-bond acceptors (Lipinski definition) is 2. The second-order valence-corrected chi connectivity index (χ2v) is 6.82. The van der Waals surface area contributed by atoms with Crippen LogP contribution >= 0.6 is 0 Å². The van der Waals surface area contributed by atoms with Crippen molar-refractivity contribution in [3.63, 3.8) is 0 Å². The summed E-state index contributed by atoms with van der Waals surface area (Å²) in [7, 11) is 0. The first-order chi connectivity index (χ1) is 13.5. The molecule has 28 heavy (non-hydrogen) atoms. The van der Waals surface area contributed by atoms with E-state index in [-0.39, 0.29) is 11.8 Å². The number of amides is 2. The molecule has 3 aromatic rings. The number of carbonyl (C=O) groups excluding carboxylic acids is 2. The molecule has 0 radical (unpaired) electrons. The van der Waals surface area contributed by atoms with Crippen LogP contribution < -0.4 is 10.2 Å². The van der Waals surface area contributed by atoms with Crippen LogP contribution in [0.4, 0.5) is 5.69 Å². The minimum absolute atomic E-state index is 0.0567. The summed E-state index contributed by atoms with van der Waals surface area (Å²) in [5.74, 6) is -0.132. The molecule has 0 saturated heterocycles. The van der Waals surface area contributed by atoms with Crippen molar-refractivity contribution in [3.8, 4) is 0 Å². The van der Waals surface area contributed by atoms with E-state index >= 15 is 0 Å². The Kier molecular flexibility index (Phi) is 6.22. The molecule has 0 unspecified atom stereocenters. The highest BCUT2D eigenvalue weighted by molar-refractivity contribution is 6.06. The van der Waals surface area contributed by atoms with E-state index in [0.29, 0.717) is 18.7 Å². The Morgan fingerprint density at radius 1 is 0.821 bits per heavy atom. The number of nitrogens with one attached hydrogen (secondary N) is 1. The number of nitrogens with zero attached hydrogens (tertiary/aromatic N) is 1. The molecule has 0 atom stereocenters. The van der Waals surface area contributed by atoms with Gasteiger partial charge in [0.1, 0.15) is 0 Å². The Morgan fingerprint density at radius 3 is 2.07 bits per heavy atom. The van der Waals surface area contributed by atoms with Gasteiger partial charge in [-0.2, -0.15) is 0 Å². The standard InChI is InChI=1S/C24H24N2O2/c1-18-8-14-23(15-9-18)26(17-21-6-4-3-5-7-21)24(28)22-12-10-20(11-13-22)16-25-19(2)27/h3-15H,16-17H2,1-2H3,(H,25,27). The van der Waals surface area contributed by atoms with Crippen molar-refractivity contribution in [3.05, 3.63) is 101 Å². The van der Waals surface area contributed by atoms with Crippen molar-refractivity contribution in [2.24, 2.45) is 0 Å². The Hall–Kier alpha value is -3.40. The van der Waals surface area contributed by atoms with E-state index < -0.39 is 0 Å². The average Bonchev–Trinajstić information content (AvgIpc) is 2.72. The van der Waals surface area contributed by atoms with Crippen LogP contribution in [0, 0.1) is 6.92 Å². The summed E-state index contributed by atoms with van der Waals surface area (Å²) in [6.07, 6.45) is 0. The summed E-state index contributed by atoms with van der Waals surface area (Å²) < 4.78 is 0. The van der Waals surface area contributed by atoms with Crippen molar-refractivity contribution in [1.29, 1.82) is 0 Å². The number of aryl methyl sites for hydroxylation is 1. The topological polar surface area (TPSA) is 49.4 Å². The van der Waals surface area contributed by atoms with Gasteiger partial charge in [-0.1, -0.05) is 60.2 Å². The molecule has 0 aliphatic heterocycles. The van der Waals surface area contributed by atoms with Crippen LogP contribution in [0.5, 0.6) is 0 Å². The Balaban J connectivity index is 1.85. The van der Waals surface area contributed by atoms with E-state index in [0.717, 1.165) is 22.4 Å². The van der Waals surface area contributed by atoms with Crippen molar-refractivity contribution >= 4 is 17.5 Å². The number of carbonyl (C=O) groups is 2. The van der Waals surface area contributed by atoms with E-state index in [4.69, 9.17) is 0 Å². The number of rotatable bonds is 6. The van der Waals surface area contributed by atoms with E-state index in [1.807, 2.05) is 85.8 Å². The lowest BCUT2D eigenvalue weighted by atomic mass is 10.1. The molecule has 3 rings (SSSR count).